The first-order valence-corrected chi connectivity index (χ1v) is 6.36. The topological polar surface area (TPSA) is 63.9 Å². The number of hydrogen-bond donors (Lipinski definition) is 3. The molecule has 1 aromatic carbocycles. The van der Waals surface area contributed by atoms with Gasteiger partial charge in [-0.3, -0.25) is 0 Å². The highest BCUT2D eigenvalue weighted by atomic mass is 16.3. The maximum absolute atomic E-state index is 9.78. The summed E-state index contributed by atoms with van der Waals surface area (Å²) in [6, 6.07) is 9.41. The molecule has 1 aliphatic heterocycles. The van der Waals surface area contributed by atoms with E-state index in [1.165, 1.54) is 6.08 Å². The summed E-state index contributed by atoms with van der Waals surface area (Å²) in [6.45, 7) is 1.78. The van der Waals surface area contributed by atoms with Gasteiger partial charge in [0.25, 0.3) is 0 Å². The van der Waals surface area contributed by atoms with E-state index < -0.39 is 0 Å². The van der Waals surface area contributed by atoms with E-state index in [4.69, 9.17) is 0 Å². The summed E-state index contributed by atoms with van der Waals surface area (Å²) in [5, 5.41) is 28.8. The molecule has 0 bridgehead atoms. The molecule has 1 unspecified atom stereocenters. The quantitative estimate of drug-likeness (QED) is 0.777. The minimum atomic E-state index is -0.342. The van der Waals surface area contributed by atoms with Gasteiger partial charge < -0.3 is 20.2 Å². The molecule has 2 atom stereocenters. The third-order valence-electron chi connectivity index (χ3n) is 3.46. The SMILES string of the molecule is C[C@H]1C(O)=C(O)C=CN1C(CO)Cc1ccccc1. The lowest BCUT2D eigenvalue weighted by atomic mass is 10.0. The predicted molar refractivity (Wildman–Crippen MR) is 73.7 cm³/mol. The molecule has 0 radical (unpaired) electrons. The second-order valence-electron chi connectivity index (χ2n) is 4.74. The summed E-state index contributed by atoms with van der Waals surface area (Å²) in [5.41, 5.74) is 1.13. The minimum Gasteiger partial charge on any atom is -0.506 e. The van der Waals surface area contributed by atoms with Crippen LogP contribution in [-0.4, -0.2) is 38.9 Å². The largest absolute Gasteiger partial charge is 0.506 e. The fourth-order valence-corrected chi connectivity index (χ4v) is 2.31. The molecule has 2 rings (SSSR count). The molecule has 1 heterocycles. The van der Waals surface area contributed by atoms with Gasteiger partial charge in [-0.25, -0.2) is 0 Å². The summed E-state index contributed by atoms with van der Waals surface area (Å²) in [4.78, 5) is 1.86. The van der Waals surface area contributed by atoms with Gasteiger partial charge in [0.05, 0.1) is 18.7 Å². The predicted octanol–water partition coefficient (Wildman–Crippen LogP) is 2.14. The molecular weight excluding hydrogens is 242 g/mol. The normalized spacial score (nSPS) is 20.7. The van der Waals surface area contributed by atoms with E-state index >= 15 is 0 Å². The third kappa shape index (κ3) is 2.90. The average Bonchev–Trinajstić information content (AvgIpc) is 2.44. The van der Waals surface area contributed by atoms with Crippen molar-refractivity contribution in [3.05, 3.63) is 59.7 Å². The first kappa shape index (κ1) is 13.5. The van der Waals surface area contributed by atoms with Crippen LogP contribution in [-0.2, 0) is 6.42 Å². The molecule has 0 aliphatic carbocycles. The lowest BCUT2D eigenvalue weighted by Crippen LogP contribution is -2.44. The molecule has 0 saturated heterocycles. The number of aliphatic hydroxyl groups excluding tert-OH is 3. The van der Waals surface area contributed by atoms with Gasteiger partial charge in [0, 0.05) is 6.20 Å². The molecule has 19 heavy (non-hydrogen) atoms. The van der Waals surface area contributed by atoms with Crippen molar-refractivity contribution in [2.45, 2.75) is 25.4 Å². The Morgan fingerprint density at radius 1 is 1.21 bits per heavy atom. The van der Waals surface area contributed by atoms with E-state index in [0.29, 0.717) is 6.42 Å². The van der Waals surface area contributed by atoms with Crippen molar-refractivity contribution < 1.29 is 15.3 Å². The molecule has 3 N–H and O–H groups in total. The maximum Gasteiger partial charge on any atom is 0.156 e. The van der Waals surface area contributed by atoms with E-state index in [1.54, 1.807) is 13.1 Å². The van der Waals surface area contributed by atoms with Crippen molar-refractivity contribution in [3.8, 4) is 0 Å². The summed E-state index contributed by atoms with van der Waals surface area (Å²) < 4.78 is 0. The van der Waals surface area contributed by atoms with Gasteiger partial charge in [0.1, 0.15) is 0 Å². The van der Waals surface area contributed by atoms with Gasteiger partial charge in [-0.1, -0.05) is 30.3 Å². The fourth-order valence-electron chi connectivity index (χ4n) is 2.31. The first-order valence-electron chi connectivity index (χ1n) is 6.36. The van der Waals surface area contributed by atoms with E-state index in [1.807, 2.05) is 35.2 Å². The molecule has 4 nitrogen and oxygen atoms in total. The number of hydrogen-bond acceptors (Lipinski definition) is 4. The van der Waals surface area contributed by atoms with Crippen molar-refractivity contribution in [2.24, 2.45) is 0 Å². The molecule has 0 spiro atoms. The van der Waals surface area contributed by atoms with Crippen molar-refractivity contribution in [2.75, 3.05) is 6.61 Å². The van der Waals surface area contributed by atoms with Gasteiger partial charge in [-0.2, -0.15) is 0 Å². The van der Waals surface area contributed by atoms with Crippen molar-refractivity contribution in [1.82, 2.24) is 4.90 Å². The lowest BCUT2D eigenvalue weighted by Gasteiger charge is -2.36. The Kier molecular flexibility index (Phi) is 4.12. The van der Waals surface area contributed by atoms with E-state index in [2.05, 4.69) is 0 Å². The zero-order chi connectivity index (χ0) is 13.8. The van der Waals surface area contributed by atoms with Gasteiger partial charge in [-0.05, 0) is 25.0 Å². The summed E-state index contributed by atoms with van der Waals surface area (Å²) >= 11 is 0. The number of nitrogens with zero attached hydrogens (tertiary/aromatic N) is 1. The van der Waals surface area contributed by atoms with Crippen molar-refractivity contribution in [3.63, 3.8) is 0 Å². The van der Waals surface area contributed by atoms with Crippen LogP contribution in [0, 0.1) is 0 Å². The molecule has 1 aromatic rings. The van der Waals surface area contributed by atoms with Gasteiger partial charge in [0.2, 0.25) is 0 Å². The first-order chi connectivity index (χ1) is 9.13. The molecule has 4 heteroatoms. The standard InChI is InChI=1S/C15H19NO3/c1-11-15(19)14(18)7-8-16(11)13(10-17)9-12-5-3-2-4-6-12/h2-8,11,13,17-19H,9-10H2,1H3/t11-,13?/m0/s1. The fraction of sp³-hybridized carbons (Fsp3) is 0.333. The molecular formula is C15H19NO3. The van der Waals surface area contributed by atoms with E-state index in [-0.39, 0.29) is 30.2 Å². The van der Waals surface area contributed by atoms with Crippen LogP contribution in [0.4, 0.5) is 0 Å². The summed E-state index contributed by atoms with van der Waals surface area (Å²) in [7, 11) is 0. The Labute approximate surface area is 112 Å². The van der Waals surface area contributed by atoms with E-state index in [0.717, 1.165) is 5.56 Å². The second-order valence-corrected chi connectivity index (χ2v) is 4.74. The zero-order valence-corrected chi connectivity index (χ0v) is 10.9. The average molecular weight is 261 g/mol. The summed E-state index contributed by atoms with van der Waals surface area (Å²) in [5.74, 6) is -0.172. The minimum absolute atomic E-state index is 0.0163. The Bertz CT molecular complexity index is 481. The number of aliphatic hydroxyl groups is 3. The Morgan fingerprint density at radius 2 is 1.89 bits per heavy atom. The highest BCUT2D eigenvalue weighted by Crippen LogP contribution is 2.22. The van der Waals surface area contributed by atoms with Crippen LogP contribution >= 0.6 is 0 Å². The number of benzene rings is 1. The van der Waals surface area contributed by atoms with Crippen LogP contribution in [0.15, 0.2) is 54.1 Å². The molecule has 0 aromatic heterocycles. The van der Waals surface area contributed by atoms with Crippen molar-refractivity contribution >= 4 is 0 Å². The molecule has 102 valence electrons. The van der Waals surface area contributed by atoms with Crippen LogP contribution in [0.2, 0.25) is 0 Å². The third-order valence-corrected chi connectivity index (χ3v) is 3.46. The smallest absolute Gasteiger partial charge is 0.156 e. The number of rotatable bonds is 4. The number of allylic oxidation sites excluding steroid dienone is 1. The van der Waals surface area contributed by atoms with Gasteiger partial charge >= 0.3 is 0 Å². The van der Waals surface area contributed by atoms with Crippen LogP contribution in [0.5, 0.6) is 0 Å². The van der Waals surface area contributed by atoms with Crippen LogP contribution in [0.3, 0.4) is 0 Å². The highest BCUT2D eigenvalue weighted by Gasteiger charge is 2.27. The van der Waals surface area contributed by atoms with Crippen LogP contribution in [0.25, 0.3) is 0 Å². The molecule has 1 aliphatic rings. The molecule has 0 saturated carbocycles. The van der Waals surface area contributed by atoms with Gasteiger partial charge in [0.15, 0.2) is 11.5 Å². The van der Waals surface area contributed by atoms with Gasteiger partial charge in [-0.15, -0.1) is 0 Å². The Hall–Kier alpha value is -1.94. The highest BCUT2D eigenvalue weighted by molar-refractivity contribution is 5.24. The van der Waals surface area contributed by atoms with E-state index in [9.17, 15) is 15.3 Å². The Balaban J connectivity index is 2.13. The van der Waals surface area contributed by atoms with Crippen molar-refractivity contribution in [1.29, 1.82) is 0 Å². The second kappa shape index (κ2) is 5.80. The monoisotopic (exact) mass is 261 g/mol. The zero-order valence-electron chi connectivity index (χ0n) is 10.9. The molecule has 0 amide bonds. The maximum atomic E-state index is 9.78. The molecule has 0 fully saturated rings. The van der Waals surface area contributed by atoms with Crippen LogP contribution in [0.1, 0.15) is 12.5 Å². The summed E-state index contributed by atoms with van der Waals surface area (Å²) in [6.07, 6.45) is 3.84. The Morgan fingerprint density at radius 3 is 2.53 bits per heavy atom. The van der Waals surface area contributed by atoms with Crippen LogP contribution < -0.4 is 0 Å². The lowest BCUT2D eigenvalue weighted by molar-refractivity contribution is 0.118.